The minimum Gasteiger partial charge on any atom is -0.382 e. The maximum Gasteiger partial charge on any atom is 0.257 e. The molecule has 0 bridgehead atoms. The number of aryl methyl sites for hydroxylation is 1. The molecule has 3 N–H and O–H groups in total. The molecule has 0 radical (unpaired) electrons. The molecule has 0 aliphatic carbocycles. The van der Waals surface area contributed by atoms with Gasteiger partial charge in [0.05, 0.1) is 16.6 Å². The van der Waals surface area contributed by atoms with Crippen molar-refractivity contribution in [2.75, 3.05) is 30.3 Å². The molecule has 0 unspecified atom stereocenters. The molecule has 2 aliphatic rings. The number of hydrogen-bond acceptors (Lipinski definition) is 4. The number of piperidine rings is 1. The summed E-state index contributed by atoms with van der Waals surface area (Å²) in [6, 6.07) is 19.2. The third-order valence-electron chi connectivity index (χ3n) is 7.51. The average Bonchev–Trinajstić information content (AvgIpc) is 3.47. The molecule has 188 valence electrons. The molecule has 6 rings (SSSR count). The predicted molar refractivity (Wildman–Crippen MR) is 147 cm³/mol. The minimum absolute atomic E-state index is 0.222. The van der Waals surface area contributed by atoms with E-state index in [-0.39, 0.29) is 11.7 Å². The van der Waals surface area contributed by atoms with Crippen LogP contribution in [-0.4, -0.2) is 46.5 Å². The minimum atomic E-state index is -0.320. The Morgan fingerprint density at radius 1 is 1.11 bits per heavy atom. The number of H-pyrrole nitrogens is 1. The summed E-state index contributed by atoms with van der Waals surface area (Å²) in [5.74, 6) is -0.00762. The number of rotatable bonds is 5. The fraction of sp³-hybridized carbons (Fsp3) is 0.267. The molecule has 1 amide bonds. The van der Waals surface area contributed by atoms with Gasteiger partial charge in [-0.2, -0.15) is 0 Å². The molecule has 37 heavy (non-hydrogen) atoms. The van der Waals surface area contributed by atoms with Crippen molar-refractivity contribution in [2.45, 2.75) is 32.7 Å². The molecular formula is C30H30FN5O. The summed E-state index contributed by atoms with van der Waals surface area (Å²) < 4.78 is 14.8. The van der Waals surface area contributed by atoms with Crippen LogP contribution < -0.4 is 10.6 Å². The van der Waals surface area contributed by atoms with Crippen LogP contribution in [0.3, 0.4) is 0 Å². The molecule has 7 heteroatoms. The van der Waals surface area contributed by atoms with Gasteiger partial charge in [0.1, 0.15) is 11.6 Å². The van der Waals surface area contributed by atoms with Crippen molar-refractivity contribution >= 4 is 39.5 Å². The number of benzene rings is 3. The fourth-order valence-electron chi connectivity index (χ4n) is 5.35. The Kier molecular flexibility index (Phi) is 6.00. The molecule has 1 fully saturated rings. The maximum absolute atomic E-state index is 14.8. The summed E-state index contributed by atoms with van der Waals surface area (Å²) >= 11 is 0. The van der Waals surface area contributed by atoms with E-state index in [2.05, 4.69) is 27.4 Å². The zero-order chi connectivity index (χ0) is 25.5. The van der Waals surface area contributed by atoms with E-state index in [1.54, 1.807) is 13.0 Å². The summed E-state index contributed by atoms with van der Waals surface area (Å²) in [5, 5.41) is 6.68. The number of halogens is 1. The van der Waals surface area contributed by atoms with Crippen LogP contribution in [0.2, 0.25) is 0 Å². The number of likely N-dealkylation sites (tertiary alicyclic amines) is 1. The molecule has 0 spiro atoms. The fourth-order valence-corrected chi connectivity index (χ4v) is 5.35. The van der Waals surface area contributed by atoms with Crippen LogP contribution in [0.5, 0.6) is 0 Å². The first kappa shape index (κ1) is 23.4. The smallest absolute Gasteiger partial charge is 0.257 e. The van der Waals surface area contributed by atoms with Gasteiger partial charge in [-0.3, -0.25) is 4.79 Å². The monoisotopic (exact) mass is 495 g/mol. The van der Waals surface area contributed by atoms with E-state index in [4.69, 9.17) is 4.98 Å². The number of fused-ring (bicyclic) bond motifs is 2. The number of nitrogens with one attached hydrogen (secondary N) is 3. The lowest BCUT2D eigenvalue weighted by atomic mass is 9.93. The quantitative estimate of drug-likeness (QED) is 0.305. The average molecular weight is 496 g/mol. The highest BCUT2D eigenvalue weighted by Gasteiger charge is 2.31. The Labute approximate surface area is 215 Å². The first-order chi connectivity index (χ1) is 18.0. The Bertz CT molecular complexity index is 1500. The number of aromatic nitrogens is 2. The van der Waals surface area contributed by atoms with Crippen LogP contribution in [0.4, 0.5) is 15.8 Å². The molecular weight excluding hydrogens is 465 g/mol. The molecule has 6 nitrogen and oxygen atoms in total. The van der Waals surface area contributed by atoms with Gasteiger partial charge in [0.15, 0.2) is 0 Å². The Morgan fingerprint density at radius 3 is 2.68 bits per heavy atom. The summed E-state index contributed by atoms with van der Waals surface area (Å²) in [6.07, 6.45) is 2.16. The van der Waals surface area contributed by atoms with E-state index < -0.39 is 0 Å². The zero-order valence-corrected chi connectivity index (χ0v) is 21.1. The topological polar surface area (TPSA) is 73.0 Å². The van der Waals surface area contributed by atoms with Crippen LogP contribution in [0.15, 0.2) is 60.7 Å². The Balaban J connectivity index is 1.47. The van der Waals surface area contributed by atoms with Gasteiger partial charge in [-0.1, -0.05) is 31.2 Å². The third-order valence-corrected chi connectivity index (χ3v) is 7.51. The number of hydrogen-bond donors (Lipinski definition) is 3. The first-order valence-corrected chi connectivity index (χ1v) is 12.9. The number of nitrogens with zero attached hydrogens (tertiary/aromatic N) is 2. The van der Waals surface area contributed by atoms with Gasteiger partial charge in [0.2, 0.25) is 0 Å². The third kappa shape index (κ3) is 4.40. The number of para-hydroxylation sites is 2. The van der Waals surface area contributed by atoms with Gasteiger partial charge >= 0.3 is 0 Å². The van der Waals surface area contributed by atoms with E-state index in [0.29, 0.717) is 34.1 Å². The van der Waals surface area contributed by atoms with Gasteiger partial charge in [-0.15, -0.1) is 0 Å². The number of carbonyl (C=O) groups is 1. The molecule has 3 aromatic carbocycles. The highest BCUT2D eigenvalue weighted by molar-refractivity contribution is 6.38. The zero-order valence-electron chi connectivity index (χ0n) is 21.1. The van der Waals surface area contributed by atoms with Crippen molar-refractivity contribution in [2.24, 2.45) is 0 Å². The van der Waals surface area contributed by atoms with E-state index in [0.717, 1.165) is 60.4 Å². The standard InChI is InChI=1S/C30H30FN5O/c1-3-36-14-12-20(13-15-36)32-21-10-11-24-22(17-21)28(30(37)35-24)27(19-9-8-18(2)23(31)16-19)29-33-25-6-4-5-7-26(25)34-29/h4-11,16-17,20,32H,3,12-15H2,1-2H3,(H,33,34)(H,35,37). The second-order valence-corrected chi connectivity index (χ2v) is 9.88. The number of aromatic amines is 1. The molecule has 0 saturated carbocycles. The molecule has 3 heterocycles. The maximum atomic E-state index is 14.8. The van der Waals surface area contributed by atoms with E-state index in [9.17, 15) is 9.18 Å². The van der Waals surface area contributed by atoms with Crippen LogP contribution in [0.25, 0.3) is 22.2 Å². The van der Waals surface area contributed by atoms with Crippen molar-refractivity contribution < 1.29 is 9.18 Å². The lowest BCUT2D eigenvalue weighted by Gasteiger charge is -2.32. The second kappa shape index (κ2) is 9.48. The summed E-state index contributed by atoms with van der Waals surface area (Å²) in [7, 11) is 0. The molecule has 1 aromatic heterocycles. The summed E-state index contributed by atoms with van der Waals surface area (Å²) in [4.78, 5) is 24.0. The van der Waals surface area contributed by atoms with Crippen LogP contribution in [-0.2, 0) is 4.79 Å². The molecule has 4 aromatic rings. The lowest BCUT2D eigenvalue weighted by molar-refractivity contribution is -0.110. The van der Waals surface area contributed by atoms with Gasteiger partial charge in [-0.05, 0) is 73.8 Å². The Hall–Kier alpha value is -3.97. The highest BCUT2D eigenvalue weighted by atomic mass is 19.1. The molecule has 0 atom stereocenters. The van der Waals surface area contributed by atoms with Gasteiger partial charge in [-0.25, -0.2) is 9.37 Å². The molecule has 1 saturated heterocycles. The van der Waals surface area contributed by atoms with E-state index in [1.807, 2.05) is 48.5 Å². The van der Waals surface area contributed by atoms with E-state index >= 15 is 0 Å². The van der Waals surface area contributed by atoms with Gasteiger partial charge < -0.3 is 20.5 Å². The van der Waals surface area contributed by atoms with Crippen molar-refractivity contribution in [3.8, 4) is 0 Å². The SMILES string of the molecule is CCN1CCC(Nc2ccc3c(c2)C(=C(c2ccc(C)c(F)c2)c2nc4ccccc4[nH]2)C(=O)N3)CC1. The predicted octanol–water partition coefficient (Wildman–Crippen LogP) is 5.82. The van der Waals surface area contributed by atoms with Crippen molar-refractivity contribution in [3.05, 3.63) is 89.0 Å². The van der Waals surface area contributed by atoms with Crippen LogP contribution in [0.1, 0.15) is 42.3 Å². The van der Waals surface area contributed by atoms with Crippen LogP contribution in [0, 0.1) is 12.7 Å². The first-order valence-electron chi connectivity index (χ1n) is 12.9. The normalized spacial score (nSPS) is 17.6. The number of anilines is 2. The number of carbonyl (C=O) groups excluding carboxylic acids is 1. The van der Waals surface area contributed by atoms with Crippen LogP contribution >= 0.6 is 0 Å². The van der Waals surface area contributed by atoms with Crippen molar-refractivity contribution in [1.82, 2.24) is 14.9 Å². The largest absolute Gasteiger partial charge is 0.382 e. The highest BCUT2D eigenvalue weighted by Crippen LogP contribution is 2.41. The van der Waals surface area contributed by atoms with Crippen molar-refractivity contribution in [1.29, 1.82) is 0 Å². The number of imidazole rings is 1. The lowest BCUT2D eigenvalue weighted by Crippen LogP contribution is -2.38. The second-order valence-electron chi connectivity index (χ2n) is 9.88. The van der Waals surface area contributed by atoms with Gasteiger partial charge in [0, 0.05) is 41.6 Å². The van der Waals surface area contributed by atoms with Gasteiger partial charge in [0.25, 0.3) is 5.91 Å². The Morgan fingerprint density at radius 2 is 1.92 bits per heavy atom. The summed E-state index contributed by atoms with van der Waals surface area (Å²) in [6.45, 7) is 7.18. The summed E-state index contributed by atoms with van der Waals surface area (Å²) in [5.41, 5.74) is 6.37. The molecule has 2 aliphatic heterocycles. The van der Waals surface area contributed by atoms with E-state index in [1.165, 1.54) is 6.07 Å². The van der Waals surface area contributed by atoms with Crippen molar-refractivity contribution in [3.63, 3.8) is 0 Å². The number of amides is 1.